The highest BCUT2D eigenvalue weighted by Gasteiger charge is 2.45. The van der Waals surface area contributed by atoms with Gasteiger partial charge in [-0.25, -0.2) is 14.6 Å². The Morgan fingerprint density at radius 2 is 1.80 bits per heavy atom. The van der Waals surface area contributed by atoms with Crippen LogP contribution in [0, 0.1) is 6.92 Å². The number of thiazole rings is 1. The number of fused-ring (bicyclic) bond motifs is 3. The molecule has 2 bridgehead atoms. The Morgan fingerprint density at radius 1 is 1.10 bits per heavy atom. The summed E-state index contributed by atoms with van der Waals surface area (Å²) in [5.41, 5.74) is 3.08. The summed E-state index contributed by atoms with van der Waals surface area (Å²) in [7, 11) is 0. The number of carboxylic acids is 1. The summed E-state index contributed by atoms with van der Waals surface area (Å²) >= 11 is 14.4. The van der Waals surface area contributed by atoms with Crippen LogP contribution >= 0.6 is 34.5 Å². The topological polar surface area (TPSA) is 106 Å². The van der Waals surface area contributed by atoms with Gasteiger partial charge in [0.1, 0.15) is 17.4 Å². The number of benzene rings is 2. The second-order valence-electron chi connectivity index (χ2n) is 10.9. The zero-order chi connectivity index (χ0) is 27.7. The quantitative estimate of drug-likeness (QED) is 0.228. The molecule has 1 N–H and O–H groups in total. The summed E-state index contributed by atoms with van der Waals surface area (Å²) in [5.74, 6) is -0.710. The van der Waals surface area contributed by atoms with Gasteiger partial charge in [-0.1, -0.05) is 45.8 Å². The molecule has 2 aliphatic heterocycles. The van der Waals surface area contributed by atoms with Crippen LogP contribution in [-0.4, -0.2) is 45.4 Å². The molecule has 3 aliphatic rings. The van der Waals surface area contributed by atoms with Crippen LogP contribution in [-0.2, 0) is 4.74 Å². The van der Waals surface area contributed by atoms with Gasteiger partial charge >= 0.3 is 11.9 Å². The first kappa shape index (κ1) is 25.8. The summed E-state index contributed by atoms with van der Waals surface area (Å²) in [6.07, 6.45) is 4.94. The minimum Gasteiger partial charge on any atom is -0.478 e. The molecule has 7 rings (SSSR count). The number of halogens is 2. The van der Waals surface area contributed by atoms with Crippen molar-refractivity contribution in [1.82, 2.24) is 10.1 Å². The van der Waals surface area contributed by atoms with Crippen molar-refractivity contribution in [1.29, 1.82) is 0 Å². The van der Waals surface area contributed by atoms with Gasteiger partial charge < -0.3 is 19.3 Å². The summed E-state index contributed by atoms with van der Waals surface area (Å²) in [4.78, 5) is 32.5. The van der Waals surface area contributed by atoms with E-state index in [2.05, 4.69) is 10.1 Å². The second kappa shape index (κ2) is 9.75. The molecule has 4 heterocycles. The fourth-order valence-electron chi connectivity index (χ4n) is 6.18. The van der Waals surface area contributed by atoms with E-state index in [1.54, 1.807) is 30.3 Å². The van der Waals surface area contributed by atoms with Crippen LogP contribution < -0.4 is 4.90 Å². The molecule has 0 amide bonds. The largest absolute Gasteiger partial charge is 0.478 e. The first-order valence-electron chi connectivity index (χ1n) is 13.4. The maximum Gasteiger partial charge on any atom is 0.344 e. The number of anilines is 1. The van der Waals surface area contributed by atoms with E-state index in [1.165, 1.54) is 11.3 Å². The Labute approximate surface area is 243 Å². The average Bonchev–Trinajstić information content (AvgIpc) is 3.41. The Hall–Kier alpha value is -3.14. The number of carbonyl (C=O) groups is 2. The molecule has 0 spiro atoms. The highest BCUT2D eigenvalue weighted by atomic mass is 35.5. The van der Waals surface area contributed by atoms with Crippen molar-refractivity contribution in [2.45, 2.75) is 69.6 Å². The molecular weight excluding hydrogens is 573 g/mol. The molecular formula is C29H25Cl2N3O5S. The smallest absolute Gasteiger partial charge is 0.344 e. The average molecular weight is 599 g/mol. The van der Waals surface area contributed by atoms with Crippen LogP contribution in [0.4, 0.5) is 5.13 Å². The minimum atomic E-state index is -0.944. The van der Waals surface area contributed by atoms with Gasteiger partial charge in [-0.2, -0.15) is 0 Å². The monoisotopic (exact) mass is 597 g/mol. The maximum atomic E-state index is 13.7. The van der Waals surface area contributed by atoms with Gasteiger partial charge in [0, 0.05) is 36.4 Å². The lowest BCUT2D eigenvalue weighted by Crippen LogP contribution is -2.46. The molecule has 2 saturated heterocycles. The molecule has 4 aromatic rings. The first-order chi connectivity index (χ1) is 19.3. The Kier molecular flexibility index (Phi) is 6.29. The van der Waals surface area contributed by atoms with E-state index in [0.717, 1.165) is 46.6 Å². The van der Waals surface area contributed by atoms with Crippen molar-refractivity contribution in [3.63, 3.8) is 0 Å². The van der Waals surface area contributed by atoms with Crippen molar-refractivity contribution in [2.24, 2.45) is 0 Å². The van der Waals surface area contributed by atoms with Gasteiger partial charge in [0.25, 0.3) is 0 Å². The zero-order valence-electron chi connectivity index (χ0n) is 21.5. The van der Waals surface area contributed by atoms with E-state index < -0.39 is 11.9 Å². The summed E-state index contributed by atoms with van der Waals surface area (Å²) in [5, 5.41) is 15.4. The number of nitrogens with zero attached hydrogens (tertiary/aromatic N) is 3. The van der Waals surface area contributed by atoms with Crippen LogP contribution in [0.3, 0.4) is 0 Å². The third kappa shape index (κ3) is 4.35. The van der Waals surface area contributed by atoms with Crippen LogP contribution in [0.2, 0.25) is 10.0 Å². The molecule has 3 fully saturated rings. The van der Waals surface area contributed by atoms with Crippen molar-refractivity contribution in [2.75, 3.05) is 4.90 Å². The molecule has 0 unspecified atom stereocenters. The lowest BCUT2D eigenvalue weighted by Gasteiger charge is -2.38. The number of esters is 1. The fourth-order valence-corrected chi connectivity index (χ4v) is 7.99. The van der Waals surface area contributed by atoms with Gasteiger partial charge in [-0.3, -0.25) is 0 Å². The van der Waals surface area contributed by atoms with E-state index in [9.17, 15) is 14.7 Å². The van der Waals surface area contributed by atoms with E-state index in [0.29, 0.717) is 45.5 Å². The lowest BCUT2D eigenvalue weighted by molar-refractivity contribution is 0.0202. The Balaban J connectivity index is 1.14. The number of ether oxygens (including phenoxy) is 1. The number of rotatable bonds is 6. The molecule has 11 heteroatoms. The number of aromatic nitrogens is 2. The van der Waals surface area contributed by atoms with Gasteiger partial charge in [-0.15, -0.1) is 0 Å². The summed E-state index contributed by atoms with van der Waals surface area (Å²) < 4.78 is 12.7. The van der Waals surface area contributed by atoms with Crippen molar-refractivity contribution >= 4 is 61.8 Å². The van der Waals surface area contributed by atoms with Crippen LogP contribution in [0.15, 0.2) is 34.9 Å². The number of piperidine rings is 1. The van der Waals surface area contributed by atoms with Gasteiger partial charge in [0.2, 0.25) is 0 Å². The molecule has 206 valence electrons. The number of aryl methyl sites for hydroxylation is 1. The molecule has 1 saturated carbocycles. The third-order valence-corrected chi connectivity index (χ3v) is 9.82. The van der Waals surface area contributed by atoms with E-state index in [-0.39, 0.29) is 29.7 Å². The van der Waals surface area contributed by atoms with E-state index >= 15 is 0 Å². The van der Waals surface area contributed by atoms with Gasteiger partial charge in [0.05, 0.1) is 25.8 Å². The van der Waals surface area contributed by atoms with Crippen LogP contribution in [0.5, 0.6) is 0 Å². The van der Waals surface area contributed by atoms with Crippen LogP contribution in [0.25, 0.3) is 21.5 Å². The van der Waals surface area contributed by atoms with Crippen molar-refractivity contribution in [3.8, 4) is 11.3 Å². The number of carbonyl (C=O) groups excluding carboxylic acids is 1. The second-order valence-corrected chi connectivity index (χ2v) is 12.7. The number of hydrogen-bond donors (Lipinski definition) is 1. The molecule has 1 aliphatic carbocycles. The molecule has 2 aromatic carbocycles. The normalized spacial score (nSPS) is 22.2. The first-order valence-corrected chi connectivity index (χ1v) is 14.9. The highest BCUT2D eigenvalue weighted by molar-refractivity contribution is 7.22. The lowest BCUT2D eigenvalue weighted by atomic mass is 9.99. The molecule has 3 atom stereocenters. The summed E-state index contributed by atoms with van der Waals surface area (Å²) in [6.45, 7) is 1.89. The summed E-state index contributed by atoms with van der Waals surface area (Å²) in [6, 6.07) is 8.89. The standard InChI is InChI=1S/C29H25Cl2N3O5S/c1-13-9-15(27(35)36)10-21-24(13)32-29(40-21)34-16-7-8-17(34)12-18(11-16)38-28(37)23-25(33-39-26(23)14-5-6-14)22-19(30)3-2-4-20(22)31/h2-4,9-10,14,16-18H,5-8,11-12H2,1H3,(H,35,36)/t16-,17+,18-. The SMILES string of the molecule is Cc1cc(C(=O)O)cc2sc(N3[C@@H]4CC[C@H]3C[C@H](OC(=O)c3c(-c5c(Cl)cccc5Cl)noc3C3CC3)C4)nc12. The third-order valence-electron chi connectivity index (χ3n) is 8.18. The predicted molar refractivity (Wildman–Crippen MR) is 153 cm³/mol. The van der Waals surface area contributed by atoms with E-state index in [4.69, 9.17) is 37.4 Å². The van der Waals surface area contributed by atoms with Crippen LogP contribution in [0.1, 0.15) is 76.5 Å². The predicted octanol–water partition coefficient (Wildman–Crippen LogP) is 7.50. The molecule has 40 heavy (non-hydrogen) atoms. The Morgan fingerprint density at radius 3 is 2.45 bits per heavy atom. The molecule has 0 radical (unpaired) electrons. The number of carboxylic acid groups (broad SMARTS) is 1. The van der Waals surface area contributed by atoms with Crippen molar-refractivity contribution < 1.29 is 24.0 Å². The molecule has 2 aromatic heterocycles. The molecule has 8 nitrogen and oxygen atoms in total. The van der Waals surface area contributed by atoms with Crippen molar-refractivity contribution in [3.05, 3.63) is 62.8 Å². The number of aromatic carboxylic acids is 1. The number of hydrogen-bond acceptors (Lipinski definition) is 8. The van der Waals surface area contributed by atoms with Gasteiger partial charge in [-0.05, 0) is 62.4 Å². The highest BCUT2D eigenvalue weighted by Crippen LogP contribution is 2.47. The fraction of sp³-hybridized carbons (Fsp3) is 0.379. The zero-order valence-corrected chi connectivity index (χ0v) is 23.9. The minimum absolute atomic E-state index is 0.146. The van der Waals surface area contributed by atoms with Gasteiger partial charge in [0.15, 0.2) is 10.9 Å². The Bertz CT molecular complexity index is 1650. The van der Waals surface area contributed by atoms with E-state index in [1.807, 2.05) is 6.92 Å². The maximum absolute atomic E-state index is 13.7.